The average molecular weight is 314 g/mol. The van der Waals surface area contributed by atoms with E-state index >= 15 is 0 Å². The van der Waals surface area contributed by atoms with Crippen molar-refractivity contribution in [2.45, 2.75) is 43.4 Å². The summed E-state index contributed by atoms with van der Waals surface area (Å²) in [5.41, 5.74) is 10.3. The van der Waals surface area contributed by atoms with Gasteiger partial charge < -0.3 is 4.74 Å². The molecule has 0 amide bonds. The van der Waals surface area contributed by atoms with E-state index in [9.17, 15) is 0 Å². The Hall–Kier alpha value is -1.81. The van der Waals surface area contributed by atoms with Gasteiger partial charge in [0.05, 0.1) is 6.61 Å². The van der Waals surface area contributed by atoms with Crippen LogP contribution in [0.1, 0.15) is 30.9 Å². The van der Waals surface area contributed by atoms with Crippen molar-refractivity contribution in [2.75, 3.05) is 6.61 Å². The van der Waals surface area contributed by atoms with Gasteiger partial charge in [0.1, 0.15) is 11.4 Å². The van der Waals surface area contributed by atoms with Crippen LogP contribution in [0.2, 0.25) is 0 Å². The average Bonchev–Trinajstić information content (AvgIpc) is 2.52. The number of hydrogen-bond acceptors (Lipinski definition) is 4. The summed E-state index contributed by atoms with van der Waals surface area (Å²) in [5.74, 6) is 0.698. The van der Waals surface area contributed by atoms with Crippen LogP contribution in [0.4, 0.5) is 5.69 Å². The molecule has 4 heteroatoms. The molecule has 0 saturated heterocycles. The Labute approximate surface area is 136 Å². The Kier molecular flexibility index (Phi) is 6.01. The minimum Gasteiger partial charge on any atom is -0.491 e. The van der Waals surface area contributed by atoms with Crippen LogP contribution in [0.5, 0.6) is 5.75 Å². The maximum absolute atomic E-state index is 7.32. The number of nitrogens with one attached hydrogen (secondary N) is 1. The summed E-state index contributed by atoms with van der Waals surface area (Å²) in [4.78, 5) is 2.34. The zero-order chi connectivity index (χ0) is 15.9. The number of unbranched alkanes of at least 4 members (excludes halogenated alkanes) is 1. The summed E-state index contributed by atoms with van der Waals surface area (Å²) in [5, 5.41) is 3.59. The normalized spacial score (nSPS) is 10.5. The van der Waals surface area contributed by atoms with Gasteiger partial charge in [-0.3, -0.25) is 0 Å². The van der Waals surface area contributed by atoms with Gasteiger partial charge in [0.25, 0.3) is 0 Å². The second-order valence-corrected chi connectivity index (χ2v) is 6.43. The topological polar surface area (TPSA) is 45.4 Å². The van der Waals surface area contributed by atoms with Crippen LogP contribution in [0, 0.1) is 19.4 Å². The van der Waals surface area contributed by atoms with E-state index in [0.29, 0.717) is 18.0 Å². The van der Waals surface area contributed by atoms with Gasteiger partial charge in [0.2, 0.25) is 0 Å². The van der Waals surface area contributed by atoms with Crippen molar-refractivity contribution in [1.82, 2.24) is 0 Å². The zero-order valence-electron chi connectivity index (χ0n) is 13.3. The van der Waals surface area contributed by atoms with Crippen LogP contribution < -0.4 is 4.74 Å². The molecule has 0 aliphatic carbocycles. The van der Waals surface area contributed by atoms with E-state index in [1.165, 1.54) is 10.5 Å². The van der Waals surface area contributed by atoms with Crippen LogP contribution in [0.25, 0.3) is 0 Å². The molecule has 2 rings (SSSR count). The molecular weight excluding hydrogens is 292 g/mol. The van der Waals surface area contributed by atoms with Crippen LogP contribution in [-0.4, -0.2) is 6.61 Å². The van der Waals surface area contributed by atoms with Gasteiger partial charge in [-0.1, -0.05) is 42.8 Å². The molecule has 0 aliphatic rings. The first-order chi connectivity index (χ1) is 10.6. The summed E-state index contributed by atoms with van der Waals surface area (Å²) in [7, 11) is 0. The number of benzene rings is 2. The lowest BCUT2D eigenvalue weighted by molar-refractivity contribution is 0.309. The second kappa shape index (κ2) is 7.99. The maximum Gasteiger partial charge on any atom is 0.147 e. The molecule has 0 unspecified atom stereocenters. The fourth-order valence-corrected chi connectivity index (χ4v) is 2.94. The van der Waals surface area contributed by atoms with Gasteiger partial charge in [-0.15, -0.1) is 0 Å². The maximum atomic E-state index is 7.32. The zero-order valence-corrected chi connectivity index (χ0v) is 14.2. The SMILES string of the molecule is CCCCOc1cc(Sc2ccc(C)cc2)c(C)cc1N=N. The quantitative estimate of drug-likeness (QED) is 0.481. The van der Waals surface area contributed by atoms with Crippen LogP contribution in [0.3, 0.4) is 0 Å². The van der Waals surface area contributed by atoms with Crippen LogP contribution >= 0.6 is 11.8 Å². The number of ether oxygens (including phenoxy) is 1. The lowest BCUT2D eigenvalue weighted by atomic mass is 10.2. The molecule has 0 aliphatic heterocycles. The Morgan fingerprint density at radius 1 is 1.14 bits per heavy atom. The van der Waals surface area contributed by atoms with E-state index in [2.05, 4.69) is 43.2 Å². The highest BCUT2D eigenvalue weighted by Gasteiger charge is 2.10. The number of hydrogen-bond donors (Lipinski definition) is 1. The van der Waals surface area contributed by atoms with Crippen molar-refractivity contribution in [1.29, 1.82) is 5.53 Å². The number of aryl methyl sites for hydroxylation is 2. The first kappa shape index (κ1) is 16.6. The molecule has 0 spiro atoms. The molecule has 0 radical (unpaired) electrons. The summed E-state index contributed by atoms with van der Waals surface area (Å²) in [6, 6.07) is 12.4. The fraction of sp³-hybridized carbons (Fsp3) is 0.333. The van der Waals surface area contributed by atoms with Crippen LogP contribution in [-0.2, 0) is 0 Å². The predicted octanol–water partition coefficient (Wildman–Crippen LogP) is 6.30. The third-order valence-electron chi connectivity index (χ3n) is 3.38. The van der Waals surface area contributed by atoms with E-state index < -0.39 is 0 Å². The molecule has 1 N–H and O–H groups in total. The van der Waals surface area contributed by atoms with E-state index in [-0.39, 0.29) is 0 Å². The van der Waals surface area contributed by atoms with Crippen molar-refractivity contribution in [3.8, 4) is 5.75 Å². The molecule has 2 aromatic rings. The second-order valence-electron chi connectivity index (χ2n) is 5.31. The highest BCUT2D eigenvalue weighted by molar-refractivity contribution is 7.99. The lowest BCUT2D eigenvalue weighted by Gasteiger charge is -2.12. The number of rotatable bonds is 7. The van der Waals surface area contributed by atoms with Crippen molar-refractivity contribution in [2.24, 2.45) is 5.11 Å². The molecule has 0 atom stereocenters. The third-order valence-corrected chi connectivity index (χ3v) is 4.55. The monoisotopic (exact) mass is 314 g/mol. The highest BCUT2D eigenvalue weighted by atomic mass is 32.2. The van der Waals surface area contributed by atoms with Crippen molar-refractivity contribution >= 4 is 17.4 Å². The summed E-state index contributed by atoms with van der Waals surface area (Å²) in [6.07, 6.45) is 2.09. The van der Waals surface area contributed by atoms with Gasteiger partial charge in [0.15, 0.2) is 0 Å². The first-order valence-corrected chi connectivity index (χ1v) is 8.35. The van der Waals surface area contributed by atoms with Crippen molar-refractivity contribution in [3.63, 3.8) is 0 Å². The molecule has 116 valence electrons. The van der Waals surface area contributed by atoms with Gasteiger partial charge >= 0.3 is 0 Å². The minimum atomic E-state index is 0.599. The Bertz CT molecular complexity index is 638. The number of nitrogens with zero attached hydrogens (tertiary/aromatic N) is 1. The lowest BCUT2D eigenvalue weighted by Crippen LogP contribution is -1.97. The van der Waals surface area contributed by atoms with E-state index in [4.69, 9.17) is 10.3 Å². The molecule has 0 fully saturated rings. The minimum absolute atomic E-state index is 0.599. The van der Waals surface area contributed by atoms with Gasteiger partial charge in [0, 0.05) is 9.79 Å². The molecule has 0 bridgehead atoms. The standard InChI is InChI=1S/C18H22N2OS/c1-4-5-10-21-17-12-18(14(3)11-16(17)20-19)22-15-8-6-13(2)7-9-15/h6-9,11-12,19H,4-5,10H2,1-3H3. The summed E-state index contributed by atoms with van der Waals surface area (Å²) >= 11 is 1.71. The van der Waals surface area contributed by atoms with Crippen molar-refractivity contribution in [3.05, 3.63) is 47.5 Å². The molecule has 0 heterocycles. The van der Waals surface area contributed by atoms with Crippen LogP contribution in [0.15, 0.2) is 51.3 Å². The first-order valence-electron chi connectivity index (χ1n) is 7.53. The van der Waals surface area contributed by atoms with E-state index in [1.54, 1.807) is 11.8 Å². The van der Waals surface area contributed by atoms with Gasteiger partial charge in [-0.2, -0.15) is 5.11 Å². The highest BCUT2D eigenvalue weighted by Crippen LogP contribution is 2.38. The van der Waals surface area contributed by atoms with E-state index in [1.807, 2.05) is 19.1 Å². The molecule has 22 heavy (non-hydrogen) atoms. The predicted molar refractivity (Wildman–Crippen MR) is 91.7 cm³/mol. The third kappa shape index (κ3) is 4.34. The molecule has 3 nitrogen and oxygen atoms in total. The fourth-order valence-electron chi connectivity index (χ4n) is 2.03. The molecule has 0 aromatic heterocycles. The Morgan fingerprint density at radius 3 is 2.50 bits per heavy atom. The Morgan fingerprint density at radius 2 is 1.86 bits per heavy atom. The Balaban J connectivity index is 2.24. The summed E-state index contributed by atoms with van der Waals surface area (Å²) in [6.45, 7) is 6.93. The van der Waals surface area contributed by atoms with E-state index in [0.717, 1.165) is 23.3 Å². The molecular formula is C18H22N2OS. The molecule has 2 aromatic carbocycles. The smallest absolute Gasteiger partial charge is 0.147 e. The van der Waals surface area contributed by atoms with Crippen molar-refractivity contribution < 1.29 is 4.74 Å². The summed E-state index contributed by atoms with van der Waals surface area (Å²) < 4.78 is 5.79. The van der Waals surface area contributed by atoms with Gasteiger partial charge in [-0.05, 0) is 50.1 Å². The molecule has 0 saturated carbocycles. The largest absolute Gasteiger partial charge is 0.491 e. The van der Waals surface area contributed by atoms with Gasteiger partial charge in [-0.25, -0.2) is 5.53 Å².